The highest BCUT2D eigenvalue weighted by atomic mass is 16.5. The molecule has 0 unspecified atom stereocenters. The summed E-state index contributed by atoms with van der Waals surface area (Å²) in [7, 11) is 1.65. The highest BCUT2D eigenvalue weighted by Crippen LogP contribution is 2.30. The van der Waals surface area contributed by atoms with Gasteiger partial charge in [-0.2, -0.15) is 0 Å². The number of nitrogen functional groups attached to an aromatic ring is 3. The Hall–Kier alpha value is -3.45. The van der Waals surface area contributed by atoms with E-state index >= 15 is 0 Å². The standard InChI is InChI=1S/C19H21N5O2/c1-25-15-7-3-6-14(9-15)13-5-2-4-12(8-13)11-26-16-10-17(20)23-19(24-22)18(16)21/h2-10H,11,21-22H2,1H3,(H3,20,23,24). The summed E-state index contributed by atoms with van der Waals surface area (Å²) >= 11 is 0. The monoisotopic (exact) mass is 351 g/mol. The molecule has 3 rings (SSSR count). The molecule has 1 heterocycles. The van der Waals surface area contributed by atoms with E-state index in [1.165, 1.54) is 0 Å². The molecule has 7 heteroatoms. The van der Waals surface area contributed by atoms with Gasteiger partial charge >= 0.3 is 0 Å². The van der Waals surface area contributed by atoms with Gasteiger partial charge in [-0.3, -0.25) is 0 Å². The van der Waals surface area contributed by atoms with E-state index in [0.717, 1.165) is 22.4 Å². The predicted molar refractivity (Wildman–Crippen MR) is 104 cm³/mol. The van der Waals surface area contributed by atoms with Crippen molar-refractivity contribution in [2.24, 2.45) is 5.84 Å². The summed E-state index contributed by atoms with van der Waals surface area (Å²) in [4.78, 5) is 4.00. The normalized spacial score (nSPS) is 10.4. The van der Waals surface area contributed by atoms with E-state index in [1.54, 1.807) is 13.2 Å². The first-order valence-electron chi connectivity index (χ1n) is 7.99. The summed E-state index contributed by atoms with van der Waals surface area (Å²) in [6.07, 6.45) is 0. The number of pyridine rings is 1. The van der Waals surface area contributed by atoms with Gasteiger partial charge in [-0.05, 0) is 34.9 Å². The zero-order valence-electron chi connectivity index (χ0n) is 14.4. The van der Waals surface area contributed by atoms with Crippen LogP contribution in [-0.2, 0) is 6.61 Å². The lowest BCUT2D eigenvalue weighted by molar-refractivity contribution is 0.308. The Morgan fingerprint density at radius 3 is 2.46 bits per heavy atom. The van der Waals surface area contributed by atoms with E-state index in [-0.39, 0.29) is 11.6 Å². The smallest absolute Gasteiger partial charge is 0.169 e. The summed E-state index contributed by atoms with van der Waals surface area (Å²) < 4.78 is 11.1. The van der Waals surface area contributed by atoms with Gasteiger partial charge in [-0.15, -0.1) is 0 Å². The Labute approximate surface area is 151 Å². The van der Waals surface area contributed by atoms with Gasteiger partial charge in [-0.25, -0.2) is 10.8 Å². The van der Waals surface area contributed by atoms with Crippen LogP contribution in [0.15, 0.2) is 54.6 Å². The Bertz CT molecular complexity index is 914. The molecule has 26 heavy (non-hydrogen) atoms. The Morgan fingerprint density at radius 1 is 1.00 bits per heavy atom. The van der Waals surface area contributed by atoms with Crippen LogP contribution in [0.4, 0.5) is 17.3 Å². The minimum absolute atomic E-state index is 0.271. The molecule has 0 amide bonds. The Kier molecular flexibility index (Phi) is 5.09. The third kappa shape index (κ3) is 3.79. The second-order valence-electron chi connectivity index (χ2n) is 5.67. The lowest BCUT2D eigenvalue weighted by Gasteiger charge is -2.13. The van der Waals surface area contributed by atoms with Crippen molar-refractivity contribution in [2.75, 3.05) is 24.0 Å². The van der Waals surface area contributed by atoms with Crippen LogP contribution in [0.1, 0.15) is 5.56 Å². The zero-order valence-corrected chi connectivity index (χ0v) is 14.4. The van der Waals surface area contributed by atoms with Crippen LogP contribution in [0.25, 0.3) is 11.1 Å². The van der Waals surface area contributed by atoms with Crippen molar-refractivity contribution >= 4 is 17.3 Å². The van der Waals surface area contributed by atoms with Gasteiger partial charge in [0.05, 0.1) is 7.11 Å². The lowest BCUT2D eigenvalue weighted by atomic mass is 10.0. The van der Waals surface area contributed by atoms with E-state index < -0.39 is 0 Å². The summed E-state index contributed by atoms with van der Waals surface area (Å²) in [5.74, 6) is 7.18. The van der Waals surface area contributed by atoms with Crippen LogP contribution in [0.3, 0.4) is 0 Å². The van der Waals surface area contributed by atoms with Gasteiger partial charge < -0.3 is 26.4 Å². The maximum absolute atomic E-state index is 5.98. The van der Waals surface area contributed by atoms with Crippen LogP contribution in [-0.4, -0.2) is 12.1 Å². The summed E-state index contributed by atoms with van der Waals surface area (Å²) in [6, 6.07) is 17.5. The van der Waals surface area contributed by atoms with Crippen molar-refractivity contribution in [3.63, 3.8) is 0 Å². The number of nitrogens with two attached hydrogens (primary N) is 3. The Balaban J connectivity index is 1.81. The molecule has 0 bridgehead atoms. The largest absolute Gasteiger partial charge is 0.497 e. The van der Waals surface area contributed by atoms with Gasteiger partial charge in [0, 0.05) is 6.07 Å². The van der Waals surface area contributed by atoms with Crippen molar-refractivity contribution < 1.29 is 9.47 Å². The van der Waals surface area contributed by atoms with Crippen LogP contribution in [0.5, 0.6) is 11.5 Å². The molecule has 0 saturated carbocycles. The molecular weight excluding hydrogens is 330 g/mol. The van der Waals surface area contributed by atoms with Crippen molar-refractivity contribution in [2.45, 2.75) is 6.61 Å². The third-order valence-electron chi connectivity index (χ3n) is 3.90. The van der Waals surface area contributed by atoms with Crippen molar-refractivity contribution in [1.82, 2.24) is 4.98 Å². The number of methoxy groups -OCH3 is 1. The van der Waals surface area contributed by atoms with Gasteiger partial charge in [0.15, 0.2) is 5.82 Å². The number of anilines is 3. The van der Waals surface area contributed by atoms with E-state index in [4.69, 9.17) is 26.8 Å². The molecule has 7 N–H and O–H groups in total. The first-order chi connectivity index (χ1) is 12.6. The van der Waals surface area contributed by atoms with Gasteiger partial charge in [0.2, 0.25) is 0 Å². The number of hydrogen-bond donors (Lipinski definition) is 4. The number of nitrogens with one attached hydrogen (secondary N) is 1. The first-order valence-corrected chi connectivity index (χ1v) is 7.99. The first kappa shape index (κ1) is 17.4. The lowest BCUT2D eigenvalue weighted by Crippen LogP contribution is -2.13. The molecule has 0 radical (unpaired) electrons. The highest BCUT2D eigenvalue weighted by molar-refractivity contribution is 5.71. The molecule has 0 spiro atoms. The predicted octanol–water partition coefficient (Wildman–Crippen LogP) is 2.79. The second-order valence-corrected chi connectivity index (χ2v) is 5.67. The number of hydrogen-bond acceptors (Lipinski definition) is 7. The quantitative estimate of drug-likeness (QED) is 0.398. The van der Waals surface area contributed by atoms with Gasteiger partial charge in [-0.1, -0.05) is 30.3 Å². The number of aromatic nitrogens is 1. The van der Waals surface area contributed by atoms with Gasteiger partial charge in [0.25, 0.3) is 0 Å². The maximum atomic E-state index is 5.98. The average Bonchev–Trinajstić information content (AvgIpc) is 2.68. The van der Waals surface area contributed by atoms with Crippen molar-refractivity contribution in [3.05, 3.63) is 60.2 Å². The van der Waals surface area contributed by atoms with E-state index in [0.29, 0.717) is 18.0 Å². The number of nitrogens with zero attached hydrogens (tertiary/aromatic N) is 1. The SMILES string of the molecule is COc1cccc(-c2cccc(COc3cc(N)nc(NN)c3N)c2)c1. The zero-order chi connectivity index (χ0) is 18.5. The Morgan fingerprint density at radius 2 is 1.73 bits per heavy atom. The van der Waals surface area contributed by atoms with E-state index in [2.05, 4.69) is 16.5 Å². The molecule has 0 saturated heterocycles. The molecule has 3 aromatic rings. The number of ether oxygens (including phenoxy) is 2. The van der Waals surface area contributed by atoms with Gasteiger partial charge in [0.1, 0.15) is 29.6 Å². The highest BCUT2D eigenvalue weighted by Gasteiger charge is 2.10. The number of hydrazine groups is 1. The summed E-state index contributed by atoms with van der Waals surface area (Å²) in [5, 5.41) is 0. The molecule has 0 aliphatic rings. The van der Waals surface area contributed by atoms with Crippen LogP contribution >= 0.6 is 0 Å². The maximum Gasteiger partial charge on any atom is 0.169 e. The summed E-state index contributed by atoms with van der Waals surface area (Å²) in [6.45, 7) is 0.329. The molecular formula is C19H21N5O2. The molecule has 0 fully saturated rings. The fourth-order valence-electron chi connectivity index (χ4n) is 2.58. The number of benzene rings is 2. The molecule has 2 aromatic carbocycles. The molecule has 7 nitrogen and oxygen atoms in total. The number of rotatable bonds is 6. The minimum atomic E-state index is 0.271. The fourth-order valence-corrected chi connectivity index (χ4v) is 2.58. The van der Waals surface area contributed by atoms with Crippen LogP contribution in [0, 0.1) is 0 Å². The average molecular weight is 351 g/mol. The molecule has 134 valence electrons. The van der Waals surface area contributed by atoms with Crippen molar-refractivity contribution in [3.8, 4) is 22.6 Å². The van der Waals surface area contributed by atoms with Crippen LogP contribution in [0.2, 0.25) is 0 Å². The topological polar surface area (TPSA) is 121 Å². The van der Waals surface area contributed by atoms with E-state index in [9.17, 15) is 0 Å². The minimum Gasteiger partial charge on any atom is -0.497 e. The molecule has 0 aliphatic heterocycles. The summed E-state index contributed by atoms with van der Waals surface area (Å²) in [5.41, 5.74) is 17.6. The second kappa shape index (κ2) is 7.62. The van der Waals surface area contributed by atoms with Crippen molar-refractivity contribution in [1.29, 1.82) is 0 Å². The van der Waals surface area contributed by atoms with E-state index in [1.807, 2.05) is 42.5 Å². The fraction of sp³-hybridized carbons (Fsp3) is 0.105. The molecule has 1 aromatic heterocycles. The van der Waals surface area contributed by atoms with Crippen LogP contribution < -0.4 is 32.2 Å². The molecule has 0 atom stereocenters. The third-order valence-corrected chi connectivity index (χ3v) is 3.90. The molecule has 0 aliphatic carbocycles.